The van der Waals surface area contributed by atoms with E-state index in [0.717, 1.165) is 28.4 Å². The number of aromatic nitrogens is 2. The van der Waals surface area contributed by atoms with Gasteiger partial charge in [-0.05, 0) is 5.92 Å². The molecule has 1 aromatic heterocycles. The lowest BCUT2D eigenvalue weighted by atomic mass is 10.1. The van der Waals surface area contributed by atoms with E-state index in [0.29, 0.717) is 19.0 Å². The predicted molar refractivity (Wildman–Crippen MR) is 89.2 cm³/mol. The van der Waals surface area contributed by atoms with Gasteiger partial charge in [0.2, 0.25) is 5.91 Å². The van der Waals surface area contributed by atoms with Gasteiger partial charge >= 0.3 is 6.03 Å². The van der Waals surface area contributed by atoms with Crippen LogP contribution < -0.4 is 0 Å². The molecule has 1 saturated heterocycles. The number of carbonyl (C=O) groups is 3. The Hall–Kier alpha value is -2.51. The molecule has 8 nitrogen and oxygen atoms in total. The maximum Gasteiger partial charge on any atom is 0.326 e. The van der Waals surface area contributed by atoms with Crippen molar-refractivity contribution in [2.24, 2.45) is 5.92 Å². The molecule has 2 aliphatic rings. The van der Waals surface area contributed by atoms with Crippen LogP contribution in [0.25, 0.3) is 0 Å². The number of hydrogen-bond donors (Lipinski definition) is 0. The van der Waals surface area contributed by atoms with E-state index in [4.69, 9.17) is 0 Å². The summed E-state index contributed by atoms with van der Waals surface area (Å²) in [7, 11) is 2.98. The van der Waals surface area contributed by atoms with Crippen molar-refractivity contribution in [2.75, 3.05) is 14.1 Å². The average molecular weight is 345 g/mol. The Labute approximate surface area is 146 Å². The van der Waals surface area contributed by atoms with Gasteiger partial charge in [-0.25, -0.2) is 14.8 Å². The van der Waals surface area contributed by atoms with Gasteiger partial charge in [0.25, 0.3) is 5.91 Å². The van der Waals surface area contributed by atoms with Crippen LogP contribution in [0, 0.1) is 5.92 Å². The van der Waals surface area contributed by atoms with Crippen LogP contribution in [0.15, 0.2) is 6.20 Å². The summed E-state index contributed by atoms with van der Waals surface area (Å²) >= 11 is 0. The number of carbonyl (C=O) groups excluding carboxylic acids is 3. The summed E-state index contributed by atoms with van der Waals surface area (Å²) in [5, 5.41) is 0. The topological polar surface area (TPSA) is 86.7 Å². The Morgan fingerprint density at radius 1 is 1.28 bits per heavy atom. The molecule has 3 heterocycles. The standard InChI is InChI=1S/C17H23N5O3/c1-10(2)5-14-18-7-11-8-22(9-12(11)19-14)15(23)6-13-16(24)21(4)17(25)20(13)3/h7,10,13H,5-6,8-9H2,1-4H3/t13-/m0/s1. The number of urea groups is 1. The van der Waals surface area contributed by atoms with Crippen LogP contribution in [0.4, 0.5) is 4.79 Å². The summed E-state index contributed by atoms with van der Waals surface area (Å²) in [6.07, 6.45) is 2.58. The van der Waals surface area contributed by atoms with Gasteiger partial charge in [0, 0.05) is 38.8 Å². The summed E-state index contributed by atoms with van der Waals surface area (Å²) in [5.74, 6) is 0.768. The average Bonchev–Trinajstić information content (AvgIpc) is 3.05. The second-order valence-corrected chi connectivity index (χ2v) is 7.12. The minimum atomic E-state index is -0.726. The van der Waals surface area contributed by atoms with Crippen molar-refractivity contribution in [3.8, 4) is 0 Å². The Kier molecular flexibility index (Phi) is 4.45. The van der Waals surface area contributed by atoms with Gasteiger partial charge in [0.05, 0.1) is 18.7 Å². The van der Waals surface area contributed by atoms with Crippen molar-refractivity contribution in [1.82, 2.24) is 24.7 Å². The Morgan fingerprint density at radius 2 is 2.00 bits per heavy atom. The van der Waals surface area contributed by atoms with E-state index in [-0.39, 0.29) is 24.3 Å². The molecule has 4 amide bonds. The lowest BCUT2D eigenvalue weighted by Gasteiger charge is -2.20. The molecule has 1 atom stereocenters. The summed E-state index contributed by atoms with van der Waals surface area (Å²) in [5.41, 5.74) is 1.82. The lowest BCUT2D eigenvalue weighted by molar-refractivity contribution is -0.136. The van der Waals surface area contributed by atoms with Crippen LogP contribution in [0.5, 0.6) is 0 Å². The molecule has 2 aliphatic heterocycles. The fraction of sp³-hybridized carbons (Fsp3) is 0.588. The number of amides is 4. The first kappa shape index (κ1) is 17.3. The van der Waals surface area contributed by atoms with E-state index in [1.807, 2.05) is 0 Å². The zero-order chi connectivity index (χ0) is 18.3. The van der Waals surface area contributed by atoms with Crippen LogP contribution in [0.2, 0.25) is 0 Å². The second kappa shape index (κ2) is 6.42. The highest BCUT2D eigenvalue weighted by Gasteiger charge is 2.42. The highest BCUT2D eigenvalue weighted by atomic mass is 16.2. The summed E-state index contributed by atoms with van der Waals surface area (Å²) in [6.45, 7) is 5.10. The summed E-state index contributed by atoms with van der Waals surface area (Å²) in [4.78, 5) is 49.5. The molecule has 1 fully saturated rings. The molecular weight excluding hydrogens is 322 g/mol. The van der Waals surface area contributed by atoms with E-state index in [1.165, 1.54) is 11.9 Å². The lowest BCUT2D eigenvalue weighted by Crippen LogP contribution is -2.37. The third-order valence-corrected chi connectivity index (χ3v) is 4.69. The Balaban J connectivity index is 1.67. The van der Waals surface area contributed by atoms with Crippen molar-refractivity contribution in [1.29, 1.82) is 0 Å². The first-order chi connectivity index (χ1) is 11.8. The van der Waals surface area contributed by atoms with Crippen molar-refractivity contribution in [3.63, 3.8) is 0 Å². The SMILES string of the molecule is CC(C)Cc1ncc2c(n1)CN(C(=O)C[C@H]1C(=O)N(C)C(=O)N1C)C2. The molecule has 0 saturated carbocycles. The van der Waals surface area contributed by atoms with E-state index in [9.17, 15) is 14.4 Å². The van der Waals surface area contributed by atoms with Crippen LogP contribution in [-0.4, -0.2) is 62.7 Å². The summed E-state index contributed by atoms with van der Waals surface area (Å²) in [6, 6.07) is -1.10. The Bertz CT molecular complexity index is 733. The van der Waals surface area contributed by atoms with Crippen molar-refractivity contribution >= 4 is 17.8 Å². The van der Waals surface area contributed by atoms with Gasteiger partial charge in [0.1, 0.15) is 11.9 Å². The zero-order valence-electron chi connectivity index (χ0n) is 15.0. The molecule has 0 aliphatic carbocycles. The number of fused-ring (bicyclic) bond motifs is 1. The fourth-order valence-electron chi connectivity index (χ4n) is 3.21. The molecule has 3 rings (SSSR count). The Morgan fingerprint density at radius 3 is 2.60 bits per heavy atom. The van der Waals surface area contributed by atoms with Gasteiger partial charge < -0.3 is 9.80 Å². The molecule has 25 heavy (non-hydrogen) atoms. The molecule has 1 aromatic rings. The second-order valence-electron chi connectivity index (χ2n) is 7.12. The number of nitrogens with zero attached hydrogens (tertiary/aromatic N) is 5. The molecule has 0 aromatic carbocycles. The van der Waals surface area contributed by atoms with Gasteiger partial charge in [-0.3, -0.25) is 14.5 Å². The number of likely N-dealkylation sites (N-methyl/N-ethyl adjacent to an activating group) is 2. The fourth-order valence-corrected chi connectivity index (χ4v) is 3.21. The third-order valence-electron chi connectivity index (χ3n) is 4.69. The van der Waals surface area contributed by atoms with E-state index in [1.54, 1.807) is 18.1 Å². The van der Waals surface area contributed by atoms with E-state index < -0.39 is 6.04 Å². The highest BCUT2D eigenvalue weighted by molar-refractivity contribution is 6.05. The zero-order valence-corrected chi connectivity index (χ0v) is 15.0. The van der Waals surface area contributed by atoms with Gasteiger partial charge in [-0.15, -0.1) is 0 Å². The first-order valence-electron chi connectivity index (χ1n) is 8.43. The molecule has 0 bridgehead atoms. The van der Waals surface area contributed by atoms with Crippen molar-refractivity contribution in [2.45, 2.75) is 45.8 Å². The molecule has 0 radical (unpaired) electrons. The molecule has 0 unspecified atom stereocenters. The van der Waals surface area contributed by atoms with Crippen molar-refractivity contribution < 1.29 is 14.4 Å². The summed E-state index contributed by atoms with van der Waals surface area (Å²) < 4.78 is 0. The van der Waals surface area contributed by atoms with E-state index >= 15 is 0 Å². The van der Waals surface area contributed by atoms with Crippen LogP contribution in [0.3, 0.4) is 0 Å². The minimum absolute atomic E-state index is 0.00825. The van der Waals surface area contributed by atoms with Gasteiger partial charge in [-0.2, -0.15) is 0 Å². The van der Waals surface area contributed by atoms with Gasteiger partial charge in [-0.1, -0.05) is 13.8 Å². The number of rotatable bonds is 4. The van der Waals surface area contributed by atoms with Crippen LogP contribution >= 0.6 is 0 Å². The number of hydrogen-bond acceptors (Lipinski definition) is 5. The van der Waals surface area contributed by atoms with Crippen molar-refractivity contribution in [3.05, 3.63) is 23.3 Å². The molecule has 0 N–H and O–H groups in total. The van der Waals surface area contributed by atoms with Crippen LogP contribution in [-0.2, 0) is 29.1 Å². The monoisotopic (exact) mass is 345 g/mol. The predicted octanol–water partition coefficient (Wildman–Crippen LogP) is 0.800. The first-order valence-corrected chi connectivity index (χ1v) is 8.43. The van der Waals surface area contributed by atoms with E-state index in [2.05, 4.69) is 23.8 Å². The third kappa shape index (κ3) is 3.20. The molecule has 8 heteroatoms. The largest absolute Gasteiger partial charge is 0.332 e. The quantitative estimate of drug-likeness (QED) is 0.754. The smallest absolute Gasteiger partial charge is 0.326 e. The molecule has 134 valence electrons. The molecular formula is C17H23N5O3. The van der Waals surface area contributed by atoms with Crippen LogP contribution in [0.1, 0.15) is 37.4 Å². The highest BCUT2D eigenvalue weighted by Crippen LogP contribution is 2.24. The normalized spacial score (nSPS) is 20.0. The minimum Gasteiger partial charge on any atom is -0.332 e. The maximum atomic E-state index is 12.6. The molecule has 0 spiro atoms. The maximum absolute atomic E-state index is 12.6. The number of imide groups is 1. The van der Waals surface area contributed by atoms with Gasteiger partial charge in [0.15, 0.2) is 0 Å².